The predicted molar refractivity (Wildman–Crippen MR) is 328 cm³/mol. The van der Waals surface area contributed by atoms with Crippen molar-refractivity contribution in [2.24, 2.45) is 0 Å². The van der Waals surface area contributed by atoms with Gasteiger partial charge in [0.25, 0.3) is 0 Å². The van der Waals surface area contributed by atoms with Crippen molar-refractivity contribution in [1.82, 2.24) is 0 Å². The van der Waals surface area contributed by atoms with E-state index in [9.17, 15) is 0 Å². The number of methoxy groups -OCH3 is 2. The number of rotatable bonds is 2. The lowest BCUT2D eigenvalue weighted by Gasteiger charge is -2.28. The number of hydrogen-bond donors (Lipinski definition) is 0. The molecule has 418 valence electrons. The van der Waals surface area contributed by atoms with Crippen LogP contribution in [0.2, 0.25) is 0 Å². The van der Waals surface area contributed by atoms with Crippen molar-refractivity contribution < 1.29 is 28.4 Å². The smallest absolute Gasteiger partial charge is 0.173 e. The summed E-state index contributed by atoms with van der Waals surface area (Å²) in [5.74, 6) is 7.19. The molecule has 0 N–H and O–H groups in total. The first-order chi connectivity index (χ1) is 37.2. The van der Waals surface area contributed by atoms with Crippen LogP contribution in [0.4, 0.5) is 0 Å². The molecule has 0 fully saturated rings. The molecule has 0 saturated carbocycles. The second kappa shape index (κ2) is 19.0. The second-order valence-corrected chi connectivity index (χ2v) is 29.9. The molecule has 4 aliphatic rings. The summed E-state index contributed by atoms with van der Waals surface area (Å²) in [7, 11) is 3.67. The summed E-state index contributed by atoms with van der Waals surface area (Å²) in [5.41, 5.74) is 19.5. The molecule has 0 aliphatic carbocycles. The highest BCUT2D eigenvalue weighted by atomic mass is 16.5. The van der Waals surface area contributed by atoms with Gasteiger partial charge in [0, 0.05) is 50.7 Å². The van der Waals surface area contributed by atoms with Gasteiger partial charge in [-0.05, 0) is 133 Å². The molecule has 6 heteroatoms. The average Bonchev–Trinajstić information content (AvgIpc) is 3.66. The first-order valence-corrected chi connectivity index (χ1v) is 29.2. The van der Waals surface area contributed by atoms with E-state index in [0.717, 1.165) is 101 Å². The summed E-state index contributed by atoms with van der Waals surface area (Å²) in [4.78, 5) is 0. The highest BCUT2D eigenvalue weighted by molar-refractivity contribution is 5.68. The fourth-order valence-corrected chi connectivity index (χ4v) is 12.3. The Kier molecular flexibility index (Phi) is 13.1. The van der Waals surface area contributed by atoms with Gasteiger partial charge >= 0.3 is 0 Å². The highest BCUT2D eigenvalue weighted by Gasteiger charge is 2.35. The third-order valence-corrected chi connectivity index (χ3v) is 17.2. The van der Waals surface area contributed by atoms with Gasteiger partial charge in [-0.15, -0.1) is 0 Å². The van der Waals surface area contributed by atoms with Crippen molar-refractivity contribution >= 4 is 0 Å². The largest absolute Gasteiger partial charge is 0.496 e. The SMILES string of the molecule is COc1c2cc(C(C)(C)C)cc1Cc1cc(C(C)(C)C)cc3c1Oc1cc4c5cc1Oc1c(cc(C(C)(C)C)cc1C3)Cc1cc(C(C)(C)C)cc(c1OC)Cc1cc(C(C)(C)C)cc(c1O5)Cc1cc(C(C)(C)C)cc(c1O4)C2. The fraction of sp³-hybridized carbons (Fsp3) is 0.432. The molecule has 80 heavy (non-hydrogen) atoms. The van der Waals surface area contributed by atoms with Gasteiger partial charge in [-0.2, -0.15) is 0 Å². The van der Waals surface area contributed by atoms with Crippen LogP contribution in [0.5, 0.6) is 57.5 Å². The van der Waals surface area contributed by atoms with Crippen molar-refractivity contribution in [3.05, 3.63) is 185 Å². The Bertz CT molecular complexity index is 3220. The molecule has 0 amide bonds. The Morgan fingerprint density at radius 3 is 0.537 bits per heavy atom. The molecule has 0 aromatic heterocycles. The molecule has 12 bridgehead atoms. The second-order valence-electron chi connectivity index (χ2n) is 29.9. The van der Waals surface area contributed by atoms with E-state index in [1.54, 1.807) is 0 Å². The Labute approximate surface area is 478 Å². The van der Waals surface area contributed by atoms with Crippen molar-refractivity contribution in [3.63, 3.8) is 0 Å². The molecule has 0 atom stereocenters. The van der Waals surface area contributed by atoms with Gasteiger partial charge < -0.3 is 28.4 Å². The Morgan fingerprint density at radius 2 is 0.388 bits per heavy atom. The predicted octanol–water partition coefficient (Wildman–Crippen LogP) is 19.5. The molecule has 4 aliphatic heterocycles. The van der Waals surface area contributed by atoms with Crippen LogP contribution in [0, 0.1) is 0 Å². The van der Waals surface area contributed by atoms with E-state index < -0.39 is 0 Å². The highest BCUT2D eigenvalue weighted by Crippen LogP contribution is 2.55. The van der Waals surface area contributed by atoms with Gasteiger partial charge in [0.05, 0.1) is 14.2 Å². The zero-order valence-corrected chi connectivity index (χ0v) is 51.8. The lowest BCUT2D eigenvalue weighted by Crippen LogP contribution is -2.16. The molecule has 7 aromatic carbocycles. The van der Waals surface area contributed by atoms with Crippen LogP contribution in [0.15, 0.2) is 84.9 Å². The van der Waals surface area contributed by atoms with Crippen molar-refractivity contribution in [2.75, 3.05) is 14.2 Å². The van der Waals surface area contributed by atoms with Gasteiger partial charge in [-0.3, -0.25) is 0 Å². The number of ether oxygens (including phenoxy) is 6. The molecule has 0 saturated heterocycles. The minimum Gasteiger partial charge on any atom is -0.496 e. The molecule has 4 heterocycles. The summed E-state index contributed by atoms with van der Waals surface area (Å²) in [6, 6.07) is 32.7. The van der Waals surface area contributed by atoms with E-state index in [4.69, 9.17) is 28.4 Å². The number of benzene rings is 7. The van der Waals surface area contributed by atoms with E-state index in [1.807, 2.05) is 26.4 Å². The third kappa shape index (κ3) is 10.3. The van der Waals surface area contributed by atoms with Gasteiger partial charge in [0.1, 0.15) is 34.5 Å². The van der Waals surface area contributed by atoms with Gasteiger partial charge in [0.15, 0.2) is 23.0 Å². The Hall–Kier alpha value is -6.66. The molecule has 11 rings (SSSR count). The molecule has 7 aromatic rings. The summed E-state index contributed by atoms with van der Waals surface area (Å²) in [6.07, 6.45) is 3.44. The Morgan fingerprint density at radius 1 is 0.237 bits per heavy atom. The molecular formula is C74H86O6. The fourth-order valence-electron chi connectivity index (χ4n) is 12.3. The normalized spacial score (nSPS) is 14.8. The minimum absolute atomic E-state index is 0.163. The monoisotopic (exact) mass is 1070 g/mol. The number of fused-ring (bicyclic) bond motifs is 4. The van der Waals surface area contributed by atoms with E-state index in [2.05, 4.69) is 197 Å². The summed E-state index contributed by atoms with van der Waals surface area (Å²) in [5, 5.41) is 0. The zero-order valence-electron chi connectivity index (χ0n) is 51.8. The van der Waals surface area contributed by atoms with Crippen LogP contribution < -0.4 is 28.4 Å². The van der Waals surface area contributed by atoms with Crippen molar-refractivity contribution in [3.8, 4) is 57.5 Å². The first kappa shape index (κ1) is 55.3. The maximum atomic E-state index is 7.68. The molecule has 0 spiro atoms. The van der Waals surface area contributed by atoms with E-state index in [-0.39, 0.29) is 32.5 Å². The standard InChI is InChI=1S/C74H86O6/c1-69(2,3)53-27-41-21-45-31-55(71(7,8)9)35-49-25-51-37-57(73(13,14)15)33-47-23-43-29-54(70(4,5)6)30-44(64(43)76-20)24-48-34-58(74(16,17)18)38-52-26-50-36-56(72(10,11)12)32-46(22-42(28-53)63(41)75-19)66(50)78-60-39-59(77-65(45)49)61(79-67(47)51)40-62(60)80-68(48)52/h27-40H,21-26H2,1-20H3. The van der Waals surface area contributed by atoms with Crippen LogP contribution in [0.1, 0.15) is 225 Å². The van der Waals surface area contributed by atoms with E-state index in [0.29, 0.717) is 61.5 Å². The van der Waals surface area contributed by atoms with Crippen LogP contribution >= 0.6 is 0 Å². The Balaban J connectivity index is 1.36. The lowest BCUT2D eigenvalue weighted by molar-refractivity contribution is 0.385. The van der Waals surface area contributed by atoms with Crippen LogP contribution in [-0.2, 0) is 71.0 Å². The van der Waals surface area contributed by atoms with Crippen LogP contribution in [0.3, 0.4) is 0 Å². The number of hydrogen-bond acceptors (Lipinski definition) is 6. The van der Waals surface area contributed by atoms with Crippen LogP contribution in [-0.4, -0.2) is 14.2 Å². The first-order valence-electron chi connectivity index (χ1n) is 29.2. The average molecular weight is 1070 g/mol. The quantitative estimate of drug-likeness (QED) is 0.172. The minimum atomic E-state index is -0.186. The summed E-state index contributed by atoms with van der Waals surface area (Å²) >= 11 is 0. The maximum absolute atomic E-state index is 7.68. The summed E-state index contributed by atoms with van der Waals surface area (Å²) in [6.45, 7) is 41.6. The summed E-state index contributed by atoms with van der Waals surface area (Å²) < 4.78 is 44.1. The van der Waals surface area contributed by atoms with Crippen molar-refractivity contribution in [2.45, 2.75) is 196 Å². The molecule has 0 radical (unpaired) electrons. The molecular weight excluding hydrogens is 985 g/mol. The van der Waals surface area contributed by atoms with Gasteiger partial charge in [-0.1, -0.05) is 197 Å². The van der Waals surface area contributed by atoms with E-state index >= 15 is 0 Å². The molecule has 0 unspecified atom stereocenters. The third-order valence-electron chi connectivity index (χ3n) is 17.2. The van der Waals surface area contributed by atoms with Gasteiger partial charge in [-0.25, -0.2) is 0 Å². The molecule has 6 nitrogen and oxygen atoms in total. The lowest BCUT2D eigenvalue weighted by atomic mass is 9.79. The maximum Gasteiger partial charge on any atom is 0.173 e. The zero-order chi connectivity index (χ0) is 57.6. The van der Waals surface area contributed by atoms with Gasteiger partial charge in [0.2, 0.25) is 0 Å². The van der Waals surface area contributed by atoms with Crippen LogP contribution in [0.25, 0.3) is 0 Å². The van der Waals surface area contributed by atoms with Crippen molar-refractivity contribution in [1.29, 1.82) is 0 Å². The topological polar surface area (TPSA) is 55.4 Å². The van der Waals surface area contributed by atoms with E-state index in [1.165, 1.54) is 33.4 Å².